The maximum atomic E-state index is 12.2. The molecular formula is C13H23N3O2S. The standard InChI is InChI=1S/C13H23N3O2S/c1-13(2,10-16(3)4)9-15-19(17,18)12-8-6-5-7-11(12)14/h5-8,15H,9-10,14H2,1-4H3. The summed E-state index contributed by atoms with van der Waals surface area (Å²) in [5, 5.41) is 0. The lowest BCUT2D eigenvalue weighted by Crippen LogP contribution is -2.40. The molecule has 0 radical (unpaired) electrons. The number of hydrogen-bond donors (Lipinski definition) is 2. The second-order valence-corrected chi connectivity index (χ2v) is 7.50. The first-order valence-corrected chi connectivity index (χ1v) is 7.61. The number of sulfonamides is 1. The summed E-state index contributed by atoms with van der Waals surface area (Å²) >= 11 is 0. The van der Waals surface area contributed by atoms with Crippen molar-refractivity contribution in [1.82, 2.24) is 9.62 Å². The fourth-order valence-electron chi connectivity index (χ4n) is 2.01. The minimum Gasteiger partial charge on any atom is -0.398 e. The molecule has 0 amide bonds. The van der Waals surface area contributed by atoms with E-state index >= 15 is 0 Å². The molecule has 19 heavy (non-hydrogen) atoms. The van der Waals surface area contributed by atoms with Crippen molar-refractivity contribution >= 4 is 15.7 Å². The molecule has 5 nitrogen and oxygen atoms in total. The van der Waals surface area contributed by atoms with Gasteiger partial charge in [0.1, 0.15) is 4.90 Å². The summed E-state index contributed by atoms with van der Waals surface area (Å²) in [5.41, 5.74) is 5.81. The van der Waals surface area contributed by atoms with Gasteiger partial charge in [0.2, 0.25) is 10.0 Å². The molecule has 0 heterocycles. The molecule has 0 unspecified atom stereocenters. The van der Waals surface area contributed by atoms with Crippen molar-refractivity contribution < 1.29 is 8.42 Å². The highest BCUT2D eigenvalue weighted by Gasteiger charge is 2.23. The number of anilines is 1. The smallest absolute Gasteiger partial charge is 0.242 e. The molecule has 1 aromatic rings. The molecule has 0 atom stereocenters. The van der Waals surface area contributed by atoms with Gasteiger partial charge in [-0.25, -0.2) is 13.1 Å². The zero-order valence-corrected chi connectivity index (χ0v) is 12.8. The van der Waals surface area contributed by atoms with Gasteiger partial charge < -0.3 is 10.6 Å². The molecule has 0 bridgehead atoms. The third-order valence-electron chi connectivity index (χ3n) is 2.69. The van der Waals surface area contributed by atoms with E-state index in [2.05, 4.69) is 4.72 Å². The minimum absolute atomic E-state index is 0.135. The fourth-order valence-corrected chi connectivity index (χ4v) is 3.38. The fraction of sp³-hybridized carbons (Fsp3) is 0.538. The number of nitrogens with one attached hydrogen (secondary N) is 1. The van der Waals surface area contributed by atoms with Crippen LogP contribution in [0.15, 0.2) is 29.2 Å². The van der Waals surface area contributed by atoms with Crippen LogP contribution in [0.2, 0.25) is 0 Å². The Hall–Kier alpha value is -1.11. The Morgan fingerprint density at radius 3 is 2.37 bits per heavy atom. The first-order valence-electron chi connectivity index (χ1n) is 6.13. The molecule has 0 fully saturated rings. The van der Waals surface area contributed by atoms with Gasteiger partial charge >= 0.3 is 0 Å². The van der Waals surface area contributed by atoms with Gasteiger partial charge in [0.15, 0.2) is 0 Å². The highest BCUT2D eigenvalue weighted by atomic mass is 32.2. The van der Waals surface area contributed by atoms with E-state index in [0.717, 1.165) is 6.54 Å². The van der Waals surface area contributed by atoms with Crippen molar-refractivity contribution in [1.29, 1.82) is 0 Å². The molecule has 1 aromatic carbocycles. The van der Waals surface area contributed by atoms with Gasteiger partial charge in [0.05, 0.1) is 5.69 Å². The lowest BCUT2D eigenvalue weighted by Gasteiger charge is -2.28. The molecule has 3 N–H and O–H groups in total. The van der Waals surface area contributed by atoms with Crippen molar-refractivity contribution in [3.05, 3.63) is 24.3 Å². The van der Waals surface area contributed by atoms with Gasteiger partial charge in [-0.05, 0) is 31.6 Å². The Morgan fingerprint density at radius 2 is 1.84 bits per heavy atom. The highest BCUT2D eigenvalue weighted by molar-refractivity contribution is 7.89. The lowest BCUT2D eigenvalue weighted by molar-refractivity contribution is 0.242. The average molecular weight is 285 g/mol. The van der Waals surface area contributed by atoms with Gasteiger partial charge in [-0.15, -0.1) is 0 Å². The zero-order chi connectivity index (χ0) is 14.7. The van der Waals surface area contributed by atoms with Crippen molar-refractivity contribution in [2.24, 2.45) is 5.41 Å². The number of rotatable bonds is 6. The number of para-hydroxylation sites is 1. The van der Waals surface area contributed by atoms with Crippen LogP contribution in [-0.2, 0) is 10.0 Å². The van der Waals surface area contributed by atoms with Crippen molar-refractivity contribution in [2.45, 2.75) is 18.7 Å². The largest absolute Gasteiger partial charge is 0.398 e. The number of nitrogens with zero attached hydrogens (tertiary/aromatic N) is 1. The molecule has 0 spiro atoms. The van der Waals surface area contributed by atoms with Crippen LogP contribution >= 0.6 is 0 Å². The normalized spacial score (nSPS) is 12.9. The Kier molecular flexibility index (Phi) is 4.95. The van der Waals surface area contributed by atoms with Crippen LogP contribution in [0, 0.1) is 5.41 Å². The number of nitrogens with two attached hydrogens (primary N) is 1. The van der Waals surface area contributed by atoms with Gasteiger partial charge in [0, 0.05) is 13.1 Å². The van der Waals surface area contributed by atoms with E-state index in [0.29, 0.717) is 6.54 Å². The summed E-state index contributed by atoms with van der Waals surface area (Å²) in [6.07, 6.45) is 0. The summed E-state index contributed by atoms with van der Waals surface area (Å²) in [4.78, 5) is 2.17. The number of nitrogen functional groups attached to an aromatic ring is 1. The monoisotopic (exact) mass is 285 g/mol. The molecule has 6 heteroatoms. The molecule has 0 saturated carbocycles. The van der Waals surface area contributed by atoms with Gasteiger partial charge in [-0.3, -0.25) is 0 Å². The van der Waals surface area contributed by atoms with Crippen LogP contribution < -0.4 is 10.5 Å². The van der Waals surface area contributed by atoms with Gasteiger partial charge in [0.25, 0.3) is 0 Å². The van der Waals surface area contributed by atoms with E-state index < -0.39 is 10.0 Å². The Morgan fingerprint density at radius 1 is 1.26 bits per heavy atom. The Bertz CT molecular complexity index is 524. The SMILES string of the molecule is CN(C)CC(C)(C)CNS(=O)(=O)c1ccccc1N. The first kappa shape index (κ1) is 15.9. The molecule has 108 valence electrons. The van der Waals surface area contributed by atoms with E-state index in [1.165, 1.54) is 6.07 Å². The van der Waals surface area contributed by atoms with Crippen molar-refractivity contribution in [3.8, 4) is 0 Å². The molecule has 0 aliphatic heterocycles. The van der Waals surface area contributed by atoms with Crippen LogP contribution in [0.4, 0.5) is 5.69 Å². The van der Waals surface area contributed by atoms with E-state index in [4.69, 9.17) is 5.73 Å². The van der Waals surface area contributed by atoms with Crippen molar-refractivity contribution in [2.75, 3.05) is 32.9 Å². The van der Waals surface area contributed by atoms with Crippen LogP contribution in [0.25, 0.3) is 0 Å². The summed E-state index contributed by atoms with van der Waals surface area (Å²) < 4.78 is 27.0. The number of benzene rings is 1. The maximum absolute atomic E-state index is 12.2. The summed E-state index contributed by atoms with van der Waals surface area (Å²) in [7, 11) is 0.374. The van der Waals surface area contributed by atoms with Gasteiger partial charge in [-0.2, -0.15) is 0 Å². The second kappa shape index (κ2) is 5.90. The van der Waals surface area contributed by atoms with Crippen molar-refractivity contribution in [3.63, 3.8) is 0 Å². The van der Waals surface area contributed by atoms with E-state index in [1.807, 2.05) is 32.8 Å². The van der Waals surface area contributed by atoms with Crippen LogP contribution in [0.3, 0.4) is 0 Å². The predicted molar refractivity (Wildman–Crippen MR) is 78.4 cm³/mol. The lowest BCUT2D eigenvalue weighted by atomic mass is 9.93. The number of hydrogen-bond acceptors (Lipinski definition) is 4. The summed E-state index contributed by atoms with van der Waals surface area (Å²) in [6.45, 7) is 5.19. The summed E-state index contributed by atoms with van der Waals surface area (Å²) in [6, 6.07) is 6.47. The molecule has 0 aliphatic rings. The third kappa shape index (κ3) is 4.81. The topological polar surface area (TPSA) is 75.4 Å². The average Bonchev–Trinajstić information content (AvgIpc) is 2.25. The van der Waals surface area contributed by atoms with Gasteiger partial charge in [-0.1, -0.05) is 26.0 Å². The zero-order valence-electron chi connectivity index (χ0n) is 12.0. The second-order valence-electron chi connectivity index (χ2n) is 5.76. The molecule has 0 aromatic heterocycles. The Labute approximate surface area is 115 Å². The third-order valence-corrected chi connectivity index (χ3v) is 4.17. The maximum Gasteiger partial charge on any atom is 0.242 e. The minimum atomic E-state index is -3.55. The molecule has 1 rings (SSSR count). The summed E-state index contributed by atoms with van der Waals surface area (Å²) in [5.74, 6) is 0. The van der Waals surface area contributed by atoms with Crippen LogP contribution in [0.5, 0.6) is 0 Å². The van der Waals surface area contributed by atoms with Crippen LogP contribution in [-0.4, -0.2) is 40.5 Å². The highest BCUT2D eigenvalue weighted by Crippen LogP contribution is 2.19. The quantitative estimate of drug-likeness (QED) is 0.768. The molecular weight excluding hydrogens is 262 g/mol. The Balaban J connectivity index is 2.80. The predicted octanol–water partition coefficient (Wildman–Crippen LogP) is 1.13. The molecule has 0 saturated heterocycles. The molecule has 0 aliphatic carbocycles. The van der Waals surface area contributed by atoms with E-state index in [1.54, 1.807) is 18.2 Å². The first-order chi connectivity index (χ1) is 8.64. The van der Waals surface area contributed by atoms with Crippen LogP contribution in [0.1, 0.15) is 13.8 Å². The van der Waals surface area contributed by atoms with E-state index in [-0.39, 0.29) is 16.0 Å². The van der Waals surface area contributed by atoms with E-state index in [9.17, 15) is 8.42 Å².